The van der Waals surface area contributed by atoms with E-state index in [1.807, 2.05) is 7.05 Å². The number of hydrogen-bond donors (Lipinski definition) is 3. The van der Waals surface area contributed by atoms with Crippen molar-refractivity contribution in [3.05, 3.63) is 0 Å². The van der Waals surface area contributed by atoms with Crippen molar-refractivity contribution in [2.24, 2.45) is 5.73 Å². The maximum absolute atomic E-state index is 5.40. The Bertz CT molecular complexity index is 113. The lowest BCUT2D eigenvalue weighted by atomic mass is 10.0. The highest BCUT2D eigenvalue weighted by atomic mass is 14.9. The standard InChI is InChI=1S/C10H25N3/c1-10(2,12-3)6-9-13-8-5-4-7-11/h12-13H,4-9,11H2,1-3H3. The first-order chi connectivity index (χ1) is 6.12. The highest BCUT2D eigenvalue weighted by molar-refractivity contribution is 4.75. The van der Waals surface area contributed by atoms with Gasteiger partial charge in [-0.15, -0.1) is 0 Å². The van der Waals surface area contributed by atoms with Crippen molar-refractivity contribution in [3.63, 3.8) is 0 Å². The van der Waals surface area contributed by atoms with Crippen LogP contribution in [0.4, 0.5) is 0 Å². The Morgan fingerprint density at radius 1 is 1.15 bits per heavy atom. The fraction of sp³-hybridized carbons (Fsp3) is 1.00. The molecule has 0 aliphatic carbocycles. The third-order valence-electron chi connectivity index (χ3n) is 2.41. The van der Waals surface area contributed by atoms with Crippen molar-refractivity contribution in [2.45, 2.75) is 38.6 Å². The average Bonchev–Trinajstić information content (AvgIpc) is 2.11. The van der Waals surface area contributed by atoms with Gasteiger partial charge in [0.25, 0.3) is 0 Å². The van der Waals surface area contributed by atoms with E-state index in [9.17, 15) is 0 Å². The third-order valence-corrected chi connectivity index (χ3v) is 2.41. The molecule has 0 fully saturated rings. The molecule has 3 heteroatoms. The zero-order chi connectivity index (χ0) is 10.2. The summed E-state index contributed by atoms with van der Waals surface area (Å²) >= 11 is 0. The van der Waals surface area contributed by atoms with Crippen molar-refractivity contribution in [1.29, 1.82) is 0 Å². The minimum absolute atomic E-state index is 0.251. The lowest BCUT2D eigenvalue weighted by molar-refractivity contribution is 0.382. The van der Waals surface area contributed by atoms with Gasteiger partial charge in [-0.1, -0.05) is 0 Å². The number of hydrogen-bond acceptors (Lipinski definition) is 3. The summed E-state index contributed by atoms with van der Waals surface area (Å²) in [6.07, 6.45) is 3.48. The molecule has 0 bridgehead atoms. The molecule has 0 aromatic rings. The predicted molar refractivity (Wildman–Crippen MR) is 58.9 cm³/mol. The highest BCUT2D eigenvalue weighted by Gasteiger charge is 2.12. The number of unbranched alkanes of at least 4 members (excludes halogenated alkanes) is 1. The van der Waals surface area contributed by atoms with Crippen LogP contribution in [0.2, 0.25) is 0 Å². The van der Waals surface area contributed by atoms with E-state index in [4.69, 9.17) is 5.73 Å². The molecule has 4 N–H and O–H groups in total. The molecule has 0 spiro atoms. The van der Waals surface area contributed by atoms with E-state index < -0.39 is 0 Å². The van der Waals surface area contributed by atoms with Crippen LogP contribution in [0.15, 0.2) is 0 Å². The lowest BCUT2D eigenvalue weighted by Gasteiger charge is -2.23. The van der Waals surface area contributed by atoms with Gasteiger partial charge in [-0.3, -0.25) is 0 Å². The van der Waals surface area contributed by atoms with Gasteiger partial charge in [0, 0.05) is 5.54 Å². The van der Waals surface area contributed by atoms with Gasteiger partial charge in [-0.2, -0.15) is 0 Å². The molecule has 0 aromatic heterocycles. The summed E-state index contributed by atoms with van der Waals surface area (Å²) in [7, 11) is 2.01. The first-order valence-corrected chi connectivity index (χ1v) is 5.22. The molecule has 0 amide bonds. The van der Waals surface area contributed by atoms with E-state index in [-0.39, 0.29) is 5.54 Å². The van der Waals surface area contributed by atoms with Crippen LogP contribution >= 0.6 is 0 Å². The van der Waals surface area contributed by atoms with Crippen molar-refractivity contribution in [2.75, 3.05) is 26.7 Å². The van der Waals surface area contributed by atoms with E-state index >= 15 is 0 Å². The Kier molecular flexibility index (Phi) is 7.23. The topological polar surface area (TPSA) is 50.1 Å². The van der Waals surface area contributed by atoms with Crippen molar-refractivity contribution >= 4 is 0 Å². The van der Waals surface area contributed by atoms with Gasteiger partial charge in [0.1, 0.15) is 0 Å². The second kappa shape index (κ2) is 7.30. The number of nitrogens with one attached hydrogen (secondary N) is 2. The van der Waals surface area contributed by atoms with Gasteiger partial charge in [-0.05, 0) is 59.8 Å². The van der Waals surface area contributed by atoms with E-state index in [1.54, 1.807) is 0 Å². The smallest absolute Gasteiger partial charge is 0.0134 e. The van der Waals surface area contributed by atoms with E-state index in [2.05, 4.69) is 24.5 Å². The average molecular weight is 187 g/mol. The van der Waals surface area contributed by atoms with Gasteiger partial charge in [0.05, 0.1) is 0 Å². The number of rotatable bonds is 8. The summed E-state index contributed by atoms with van der Waals surface area (Å²) in [5, 5.41) is 6.70. The van der Waals surface area contributed by atoms with E-state index in [0.29, 0.717) is 0 Å². The van der Waals surface area contributed by atoms with Crippen LogP contribution in [0.25, 0.3) is 0 Å². The molecular formula is C10H25N3. The molecule has 0 aliphatic heterocycles. The Balaban J connectivity index is 3.16. The molecule has 0 heterocycles. The van der Waals surface area contributed by atoms with Crippen LogP contribution < -0.4 is 16.4 Å². The highest BCUT2D eigenvalue weighted by Crippen LogP contribution is 2.04. The van der Waals surface area contributed by atoms with Crippen molar-refractivity contribution < 1.29 is 0 Å². The fourth-order valence-electron chi connectivity index (χ4n) is 1.05. The zero-order valence-electron chi connectivity index (χ0n) is 9.32. The van der Waals surface area contributed by atoms with Crippen LogP contribution in [0.5, 0.6) is 0 Å². The Hall–Kier alpha value is -0.120. The second-order valence-electron chi connectivity index (χ2n) is 4.13. The molecule has 0 aliphatic rings. The van der Waals surface area contributed by atoms with Crippen molar-refractivity contribution in [3.8, 4) is 0 Å². The van der Waals surface area contributed by atoms with Crippen LogP contribution in [-0.2, 0) is 0 Å². The zero-order valence-corrected chi connectivity index (χ0v) is 9.32. The monoisotopic (exact) mass is 187 g/mol. The summed E-state index contributed by atoms with van der Waals surface area (Å²) in [5.41, 5.74) is 5.65. The fourth-order valence-corrected chi connectivity index (χ4v) is 1.05. The Morgan fingerprint density at radius 2 is 1.85 bits per heavy atom. The molecule has 0 saturated carbocycles. The largest absolute Gasteiger partial charge is 0.330 e. The summed E-state index contributed by atoms with van der Waals surface area (Å²) in [5.74, 6) is 0. The second-order valence-corrected chi connectivity index (χ2v) is 4.13. The SMILES string of the molecule is CNC(C)(C)CCNCCCCN. The molecule has 3 nitrogen and oxygen atoms in total. The van der Waals surface area contributed by atoms with Gasteiger partial charge in [0.2, 0.25) is 0 Å². The minimum atomic E-state index is 0.251. The maximum Gasteiger partial charge on any atom is 0.0134 e. The van der Waals surface area contributed by atoms with Gasteiger partial charge < -0.3 is 16.4 Å². The van der Waals surface area contributed by atoms with Crippen LogP contribution in [0.3, 0.4) is 0 Å². The first kappa shape index (κ1) is 12.9. The maximum atomic E-state index is 5.40. The predicted octanol–water partition coefficient (Wildman–Crippen LogP) is 0.703. The van der Waals surface area contributed by atoms with Crippen LogP contribution in [0.1, 0.15) is 33.1 Å². The van der Waals surface area contributed by atoms with Crippen LogP contribution in [0, 0.1) is 0 Å². The molecular weight excluding hydrogens is 162 g/mol. The van der Waals surface area contributed by atoms with Gasteiger partial charge in [-0.25, -0.2) is 0 Å². The summed E-state index contributed by atoms with van der Waals surface area (Å²) < 4.78 is 0. The molecule has 0 rings (SSSR count). The lowest BCUT2D eigenvalue weighted by Crippen LogP contribution is -2.39. The minimum Gasteiger partial charge on any atom is -0.330 e. The number of nitrogens with two attached hydrogens (primary N) is 1. The molecule has 0 atom stereocenters. The van der Waals surface area contributed by atoms with Gasteiger partial charge >= 0.3 is 0 Å². The quantitative estimate of drug-likeness (QED) is 0.490. The molecule has 0 aromatic carbocycles. The van der Waals surface area contributed by atoms with Crippen molar-refractivity contribution in [1.82, 2.24) is 10.6 Å². The summed E-state index contributed by atoms with van der Waals surface area (Å²) in [6.45, 7) is 7.42. The first-order valence-electron chi connectivity index (χ1n) is 5.22. The van der Waals surface area contributed by atoms with Crippen LogP contribution in [-0.4, -0.2) is 32.2 Å². The molecule has 13 heavy (non-hydrogen) atoms. The Labute approximate surface area is 82.5 Å². The summed E-state index contributed by atoms with van der Waals surface area (Å²) in [6, 6.07) is 0. The summed E-state index contributed by atoms with van der Waals surface area (Å²) in [4.78, 5) is 0. The normalized spacial score (nSPS) is 12.0. The Morgan fingerprint density at radius 3 is 2.38 bits per heavy atom. The molecule has 0 saturated heterocycles. The molecule has 0 radical (unpaired) electrons. The van der Waals surface area contributed by atoms with Gasteiger partial charge in [0.15, 0.2) is 0 Å². The van der Waals surface area contributed by atoms with E-state index in [1.165, 1.54) is 6.42 Å². The molecule has 0 unspecified atom stereocenters. The third kappa shape index (κ3) is 8.22. The molecule has 80 valence electrons. The van der Waals surface area contributed by atoms with E-state index in [0.717, 1.165) is 32.5 Å².